The average molecular weight is 646 g/mol. The van der Waals surface area contributed by atoms with Gasteiger partial charge in [0.15, 0.2) is 0 Å². The molecule has 0 aliphatic heterocycles. The summed E-state index contributed by atoms with van der Waals surface area (Å²) in [6, 6.07) is 17.0. The summed E-state index contributed by atoms with van der Waals surface area (Å²) < 4.78 is 12.2. The van der Waals surface area contributed by atoms with Crippen molar-refractivity contribution in [3.63, 3.8) is 0 Å². The van der Waals surface area contributed by atoms with Gasteiger partial charge in [-0.1, -0.05) is 52.4 Å². The standard InChI is InChI=1S/2C19H32O.Co.2H2O/c2*1-2-3-4-5-6-7-8-9-10-11-12-15-18-16-13-14-17-19(18)20;;;/h2*13-14,16-17,20H,2-12,15H2,1H3;;2*1H2/q;;+2;;/p-2. The van der Waals surface area contributed by atoms with Crippen LogP contribution in [0.5, 0.6) is 11.5 Å². The summed E-state index contributed by atoms with van der Waals surface area (Å²) in [6.45, 7) is 4.58. The second-order valence-corrected chi connectivity index (χ2v) is 12.6. The SMILES string of the molecule is CCCCCCCCCCCCCc1ccccc1[O][Co][O]c1ccccc1CCCCCCCCCCCCC.O.O. The minimum atomic E-state index is 0. The third kappa shape index (κ3) is 21.8. The molecule has 2 aromatic rings. The Morgan fingerprint density at radius 1 is 0.395 bits per heavy atom. The predicted molar refractivity (Wildman–Crippen MR) is 182 cm³/mol. The predicted octanol–water partition coefficient (Wildman–Crippen LogP) is 11.1. The van der Waals surface area contributed by atoms with Gasteiger partial charge < -0.3 is 11.0 Å². The van der Waals surface area contributed by atoms with Gasteiger partial charge in [-0.05, 0) is 0 Å². The molecule has 0 amide bonds. The quantitative estimate of drug-likeness (QED) is 0.0863. The van der Waals surface area contributed by atoms with E-state index in [0.717, 1.165) is 24.3 Å². The van der Waals surface area contributed by atoms with E-state index in [1.165, 1.54) is 152 Å². The molecule has 5 heteroatoms. The Hall–Kier alpha value is -1.53. The number of para-hydroxylation sites is 2. The second-order valence-electron chi connectivity index (χ2n) is 12.0. The molecular formula is C38H66CoO4. The summed E-state index contributed by atoms with van der Waals surface area (Å²) in [5.74, 6) is 1.92. The Balaban J connectivity index is 0.00000882. The van der Waals surface area contributed by atoms with Gasteiger partial charge in [-0.15, -0.1) is 0 Å². The van der Waals surface area contributed by atoms with Gasteiger partial charge in [-0.2, -0.15) is 0 Å². The molecule has 4 nitrogen and oxygen atoms in total. The normalized spacial score (nSPS) is 10.7. The zero-order chi connectivity index (χ0) is 29.1. The minimum absolute atomic E-state index is 0. The molecule has 0 atom stereocenters. The van der Waals surface area contributed by atoms with Crippen molar-refractivity contribution in [3.8, 4) is 11.5 Å². The number of hydrogen-bond acceptors (Lipinski definition) is 2. The molecule has 0 aliphatic carbocycles. The Bertz CT molecular complexity index is 790. The summed E-state index contributed by atoms with van der Waals surface area (Å²) in [5, 5.41) is 0. The van der Waals surface area contributed by atoms with Crippen LogP contribution in [0.3, 0.4) is 0 Å². The number of unbranched alkanes of at least 4 members (excludes halogenated alkanes) is 20. The molecule has 2 aromatic carbocycles. The van der Waals surface area contributed by atoms with Crippen LogP contribution >= 0.6 is 0 Å². The van der Waals surface area contributed by atoms with E-state index in [1.807, 2.05) is 0 Å². The third-order valence-corrected chi connectivity index (χ3v) is 8.88. The Kier molecular flexibility index (Phi) is 29.4. The molecule has 251 valence electrons. The number of benzene rings is 2. The van der Waals surface area contributed by atoms with Gasteiger partial charge in [0.1, 0.15) is 0 Å². The molecule has 0 saturated heterocycles. The van der Waals surface area contributed by atoms with E-state index in [1.54, 1.807) is 0 Å². The van der Waals surface area contributed by atoms with Crippen molar-refractivity contribution in [2.24, 2.45) is 0 Å². The van der Waals surface area contributed by atoms with Crippen molar-refractivity contribution >= 4 is 0 Å². The first-order chi connectivity index (χ1) is 20.3. The first-order valence-corrected chi connectivity index (χ1v) is 18.3. The van der Waals surface area contributed by atoms with Gasteiger partial charge in [0.25, 0.3) is 0 Å². The van der Waals surface area contributed by atoms with Gasteiger partial charge in [0.05, 0.1) is 0 Å². The molecular weight excluding hydrogens is 579 g/mol. The summed E-state index contributed by atoms with van der Waals surface area (Å²) in [4.78, 5) is 0. The molecule has 0 unspecified atom stereocenters. The van der Waals surface area contributed by atoms with Gasteiger partial charge in [-0.3, -0.25) is 0 Å². The van der Waals surface area contributed by atoms with Crippen LogP contribution in [0, 0.1) is 0 Å². The minimum Gasteiger partial charge on any atom is -0.412 e. The Labute approximate surface area is 272 Å². The van der Waals surface area contributed by atoms with E-state index >= 15 is 0 Å². The van der Waals surface area contributed by atoms with Crippen molar-refractivity contribution in [1.29, 1.82) is 0 Å². The maximum absolute atomic E-state index is 6.10. The molecule has 0 radical (unpaired) electrons. The maximum atomic E-state index is 6.10. The Morgan fingerprint density at radius 2 is 0.674 bits per heavy atom. The van der Waals surface area contributed by atoms with Crippen LogP contribution in [0.1, 0.15) is 166 Å². The van der Waals surface area contributed by atoms with Crippen LogP contribution in [-0.4, -0.2) is 11.0 Å². The van der Waals surface area contributed by atoms with E-state index < -0.39 is 0 Å². The number of hydrogen-bond donors (Lipinski definition) is 0. The molecule has 0 bridgehead atoms. The zero-order valence-electron chi connectivity index (χ0n) is 27.7. The number of rotatable bonds is 28. The summed E-state index contributed by atoms with van der Waals surface area (Å²) in [5.41, 5.74) is 2.60. The van der Waals surface area contributed by atoms with E-state index in [0.29, 0.717) is 15.3 Å². The monoisotopic (exact) mass is 645 g/mol. The molecule has 0 fully saturated rings. The number of aryl methyl sites for hydroxylation is 2. The van der Waals surface area contributed by atoms with Crippen LogP contribution in [-0.2, 0) is 28.2 Å². The van der Waals surface area contributed by atoms with Gasteiger partial charge in [0.2, 0.25) is 0 Å². The van der Waals surface area contributed by atoms with Crippen LogP contribution in [0.25, 0.3) is 0 Å². The van der Waals surface area contributed by atoms with Crippen molar-refractivity contribution in [1.82, 2.24) is 0 Å². The average Bonchev–Trinajstić information content (AvgIpc) is 3.00. The fraction of sp³-hybridized carbons (Fsp3) is 0.684. The van der Waals surface area contributed by atoms with Crippen molar-refractivity contribution in [2.45, 2.75) is 168 Å². The zero-order valence-corrected chi connectivity index (χ0v) is 28.8. The molecule has 0 spiro atoms. The topological polar surface area (TPSA) is 81.5 Å². The molecule has 2 rings (SSSR count). The third-order valence-electron chi connectivity index (χ3n) is 8.25. The molecule has 43 heavy (non-hydrogen) atoms. The van der Waals surface area contributed by atoms with Crippen LogP contribution in [0.4, 0.5) is 0 Å². The molecule has 0 aliphatic rings. The molecule has 0 saturated carbocycles. The summed E-state index contributed by atoms with van der Waals surface area (Å²) in [6.07, 6.45) is 32.4. The van der Waals surface area contributed by atoms with Crippen LogP contribution in [0.15, 0.2) is 48.5 Å². The van der Waals surface area contributed by atoms with E-state index in [2.05, 4.69) is 62.4 Å². The van der Waals surface area contributed by atoms with Crippen LogP contribution < -0.4 is 7.70 Å². The smallest absolute Gasteiger partial charge is 0.412 e. The van der Waals surface area contributed by atoms with E-state index in [4.69, 9.17) is 7.70 Å². The first kappa shape index (κ1) is 41.5. The van der Waals surface area contributed by atoms with Gasteiger partial charge in [0, 0.05) is 0 Å². The van der Waals surface area contributed by atoms with Crippen molar-refractivity contribution < 1.29 is 34.0 Å². The summed E-state index contributed by atoms with van der Waals surface area (Å²) in [7, 11) is 0. The molecule has 0 heterocycles. The van der Waals surface area contributed by atoms with E-state index in [-0.39, 0.29) is 11.0 Å². The molecule has 0 aromatic heterocycles. The van der Waals surface area contributed by atoms with Crippen LogP contribution in [0.2, 0.25) is 0 Å². The van der Waals surface area contributed by atoms with Gasteiger partial charge >= 0.3 is 210 Å². The first-order valence-electron chi connectivity index (χ1n) is 17.5. The van der Waals surface area contributed by atoms with Gasteiger partial charge in [-0.25, -0.2) is 0 Å². The summed E-state index contributed by atoms with van der Waals surface area (Å²) >= 11 is 0.583. The van der Waals surface area contributed by atoms with E-state index in [9.17, 15) is 0 Å². The fourth-order valence-electron chi connectivity index (χ4n) is 5.59. The van der Waals surface area contributed by atoms with Crippen molar-refractivity contribution in [2.75, 3.05) is 0 Å². The fourth-order valence-corrected chi connectivity index (χ4v) is 6.23. The Morgan fingerprint density at radius 3 is 1.00 bits per heavy atom. The van der Waals surface area contributed by atoms with Crippen molar-refractivity contribution in [3.05, 3.63) is 59.7 Å². The molecule has 4 N–H and O–H groups in total. The second kappa shape index (κ2) is 30.5.